The third-order valence-corrected chi connectivity index (χ3v) is 3.17. The lowest BCUT2D eigenvalue weighted by Crippen LogP contribution is -2.41. The van der Waals surface area contributed by atoms with Crippen molar-refractivity contribution in [2.24, 2.45) is 0 Å². The quantitative estimate of drug-likeness (QED) is 0.736. The summed E-state index contributed by atoms with van der Waals surface area (Å²) in [6, 6.07) is 8.58. The van der Waals surface area contributed by atoms with Gasteiger partial charge in [-0.05, 0) is 5.56 Å². The van der Waals surface area contributed by atoms with Crippen molar-refractivity contribution in [3.63, 3.8) is 0 Å². The Kier molecular flexibility index (Phi) is 5.81. The molecule has 0 aliphatic heterocycles. The van der Waals surface area contributed by atoms with Crippen LogP contribution in [0.5, 0.6) is 0 Å². The van der Waals surface area contributed by atoms with Crippen molar-refractivity contribution < 1.29 is 19.4 Å². The Morgan fingerprint density at radius 3 is 2.74 bits per heavy atom. The molecule has 1 aromatic heterocycles. The van der Waals surface area contributed by atoms with E-state index in [1.807, 2.05) is 30.3 Å². The maximum Gasteiger partial charge on any atom is 0.326 e. The van der Waals surface area contributed by atoms with Crippen molar-refractivity contribution in [1.82, 2.24) is 20.3 Å². The number of carbonyl (C=O) groups excluding carboxylic acids is 1. The Bertz CT molecular complexity index is 657. The van der Waals surface area contributed by atoms with Crippen molar-refractivity contribution in [3.8, 4) is 0 Å². The fourth-order valence-electron chi connectivity index (χ4n) is 1.98. The number of carboxylic acids is 1. The molecule has 0 aliphatic carbocycles. The van der Waals surface area contributed by atoms with Gasteiger partial charge in [-0.25, -0.2) is 9.48 Å². The van der Waals surface area contributed by atoms with E-state index in [1.165, 1.54) is 18.0 Å². The highest BCUT2D eigenvalue weighted by molar-refractivity contribution is 5.94. The van der Waals surface area contributed by atoms with E-state index < -0.39 is 17.9 Å². The maximum absolute atomic E-state index is 12.1. The highest BCUT2D eigenvalue weighted by Gasteiger charge is 2.21. The van der Waals surface area contributed by atoms with Gasteiger partial charge in [-0.2, -0.15) is 0 Å². The van der Waals surface area contributed by atoms with Gasteiger partial charge in [-0.1, -0.05) is 35.5 Å². The van der Waals surface area contributed by atoms with Gasteiger partial charge in [-0.3, -0.25) is 4.79 Å². The van der Waals surface area contributed by atoms with E-state index >= 15 is 0 Å². The van der Waals surface area contributed by atoms with Crippen LogP contribution in [0.4, 0.5) is 0 Å². The molecule has 1 heterocycles. The number of aliphatic carboxylic acids is 1. The summed E-state index contributed by atoms with van der Waals surface area (Å²) in [6.07, 6.45) is 1.66. The van der Waals surface area contributed by atoms with Gasteiger partial charge in [0.15, 0.2) is 5.69 Å². The first kappa shape index (κ1) is 16.6. The van der Waals surface area contributed by atoms with Gasteiger partial charge in [-0.15, -0.1) is 5.10 Å². The Balaban J connectivity index is 1.98. The van der Waals surface area contributed by atoms with Crippen molar-refractivity contribution in [2.45, 2.75) is 19.0 Å². The van der Waals surface area contributed by atoms with E-state index in [-0.39, 0.29) is 18.7 Å². The molecule has 1 atom stereocenters. The molecule has 2 rings (SSSR count). The molecule has 0 bridgehead atoms. The molecule has 0 spiro atoms. The molecule has 1 amide bonds. The number of rotatable bonds is 8. The summed E-state index contributed by atoms with van der Waals surface area (Å²) in [5.74, 6) is -1.69. The summed E-state index contributed by atoms with van der Waals surface area (Å²) in [5.41, 5.74) is 1.09. The molecule has 8 heteroatoms. The van der Waals surface area contributed by atoms with Crippen LogP contribution in [-0.4, -0.2) is 51.7 Å². The van der Waals surface area contributed by atoms with Crippen LogP contribution in [0.15, 0.2) is 36.5 Å². The van der Waals surface area contributed by atoms with E-state index in [0.717, 1.165) is 5.56 Å². The smallest absolute Gasteiger partial charge is 0.326 e. The lowest BCUT2D eigenvalue weighted by Gasteiger charge is -2.12. The van der Waals surface area contributed by atoms with Gasteiger partial charge in [0.05, 0.1) is 12.7 Å². The molecule has 122 valence electrons. The molecule has 2 N–H and O–H groups in total. The van der Waals surface area contributed by atoms with Crippen molar-refractivity contribution >= 4 is 11.9 Å². The Morgan fingerprint density at radius 1 is 1.35 bits per heavy atom. The second kappa shape index (κ2) is 8.04. The van der Waals surface area contributed by atoms with Crippen LogP contribution < -0.4 is 5.32 Å². The first-order chi connectivity index (χ1) is 11.1. The number of nitrogens with zero attached hydrogens (tertiary/aromatic N) is 3. The fourth-order valence-corrected chi connectivity index (χ4v) is 1.98. The van der Waals surface area contributed by atoms with Crippen LogP contribution in [0.25, 0.3) is 0 Å². The van der Waals surface area contributed by atoms with E-state index in [2.05, 4.69) is 15.6 Å². The zero-order valence-electron chi connectivity index (χ0n) is 12.7. The van der Waals surface area contributed by atoms with Gasteiger partial charge < -0.3 is 15.2 Å². The normalized spacial score (nSPS) is 11.9. The zero-order valence-corrected chi connectivity index (χ0v) is 12.7. The molecular weight excluding hydrogens is 300 g/mol. The third kappa shape index (κ3) is 4.89. The molecule has 0 radical (unpaired) electrons. The topological polar surface area (TPSA) is 106 Å². The minimum atomic E-state index is -1.12. The largest absolute Gasteiger partial charge is 0.480 e. The van der Waals surface area contributed by atoms with Crippen LogP contribution in [-0.2, 0) is 16.1 Å². The highest BCUT2D eigenvalue weighted by Crippen LogP contribution is 2.03. The molecule has 1 aromatic carbocycles. The number of benzene rings is 1. The molecule has 2 aromatic rings. The minimum Gasteiger partial charge on any atom is -0.480 e. The summed E-state index contributed by atoms with van der Waals surface area (Å²) >= 11 is 0. The van der Waals surface area contributed by atoms with Crippen LogP contribution in [0.2, 0.25) is 0 Å². The van der Waals surface area contributed by atoms with Crippen molar-refractivity contribution in [3.05, 3.63) is 47.8 Å². The minimum absolute atomic E-state index is 0.0737. The summed E-state index contributed by atoms with van der Waals surface area (Å²) in [5, 5.41) is 19.2. The molecule has 0 saturated heterocycles. The SMILES string of the molecule is COCCC(NC(=O)c1cn(Cc2ccccc2)nn1)C(=O)O. The number of hydrogen-bond donors (Lipinski definition) is 2. The standard InChI is InChI=1S/C15H18N4O4/c1-23-8-7-12(15(21)22)16-14(20)13-10-19(18-17-13)9-11-5-3-2-4-6-11/h2-6,10,12H,7-9H2,1H3,(H,16,20)(H,21,22). The van der Waals surface area contributed by atoms with E-state index in [1.54, 1.807) is 0 Å². The second-order valence-electron chi connectivity index (χ2n) is 4.93. The Morgan fingerprint density at radius 2 is 2.09 bits per heavy atom. The van der Waals surface area contributed by atoms with Gasteiger partial charge in [0, 0.05) is 20.1 Å². The van der Waals surface area contributed by atoms with Gasteiger partial charge in [0.1, 0.15) is 6.04 Å². The van der Waals surface area contributed by atoms with Gasteiger partial charge >= 0.3 is 5.97 Å². The van der Waals surface area contributed by atoms with Gasteiger partial charge in [0.25, 0.3) is 5.91 Å². The number of ether oxygens (including phenoxy) is 1. The van der Waals surface area contributed by atoms with Crippen LogP contribution in [0.1, 0.15) is 22.5 Å². The Hall–Kier alpha value is -2.74. The van der Waals surface area contributed by atoms with E-state index in [0.29, 0.717) is 6.54 Å². The zero-order chi connectivity index (χ0) is 16.7. The number of amides is 1. The third-order valence-electron chi connectivity index (χ3n) is 3.17. The average Bonchev–Trinajstić information content (AvgIpc) is 3.00. The molecule has 0 fully saturated rings. The monoisotopic (exact) mass is 318 g/mol. The van der Waals surface area contributed by atoms with E-state index in [9.17, 15) is 9.59 Å². The molecule has 23 heavy (non-hydrogen) atoms. The van der Waals surface area contributed by atoms with Crippen molar-refractivity contribution in [2.75, 3.05) is 13.7 Å². The van der Waals surface area contributed by atoms with Crippen LogP contribution >= 0.6 is 0 Å². The number of aromatic nitrogens is 3. The van der Waals surface area contributed by atoms with Crippen molar-refractivity contribution in [1.29, 1.82) is 0 Å². The van der Waals surface area contributed by atoms with Crippen LogP contribution in [0.3, 0.4) is 0 Å². The second-order valence-corrected chi connectivity index (χ2v) is 4.93. The number of carboxylic acid groups (broad SMARTS) is 1. The molecule has 0 saturated carbocycles. The molecular formula is C15H18N4O4. The first-order valence-corrected chi connectivity index (χ1v) is 7.07. The first-order valence-electron chi connectivity index (χ1n) is 7.07. The van der Waals surface area contributed by atoms with Gasteiger partial charge in [0.2, 0.25) is 0 Å². The van der Waals surface area contributed by atoms with Crippen LogP contribution in [0, 0.1) is 0 Å². The lowest BCUT2D eigenvalue weighted by molar-refractivity contribution is -0.139. The summed E-state index contributed by atoms with van der Waals surface area (Å²) in [4.78, 5) is 23.2. The number of methoxy groups -OCH3 is 1. The molecule has 8 nitrogen and oxygen atoms in total. The predicted molar refractivity (Wildman–Crippen MR) is 80.9 cm³/mol. The molecule has 0 aliphatic rings. The average molecular weight is 318 g/mol. The highest BCUT2D eigenvalue weighted by atomic mass is 16.5. The summed E-state index contributed by atoms with van der Waals surface area (Å²) < 4.78 is 6.36. The Labute approximate surface area is 133 Å². The number of carbonyl (C=O) groups is 2. The van der Waals surface area contributed by atoms with E-state index in [4.69, 9.17) is 9.84 Å². The number of nitrogens with one attached hydrogen (secondary N) is 1. The maximum atomic E-state index is 12.1. The predicted octanol–water partition coefficient (Wildman–Crippen LogP) is 0.546. The molecule has 1 unspecified atom stereocenters. The number of hydrogen-bond acceptors (Lipinski definition) is 5. The summed E-state index contributed by atoms with van der Waals surface area (Å²) in [7, 11) is 1.47. The lowest BCUT2D eigenvalue weighted by atomic mass is 10.2. The fraction of sp³-hybridized carbons (Fsp3) is 0.333. The summed E-state index contributed by atoms with van der Waals surface area (Å²) in [6.45, 7) is 0.713.